The fourth-order valence-corrected chi connectivity index (χ4v) is 2.89. The smallest absolute Gasteiger partial charge is 0.0694 e. The van der Waals surface area contributed by atoms with Crippen LogP contribution < -0.4 is 5.32 Å². The molecular weight excluding hydrogens is 344 g/mol. The van der Waals surface area contributed by atoms with Crippen molar-refractivity contribution in [2.45, 2.75) is 19.4 Å². The van der Waals surface area contributed by atoms with Crippen LogP contribution in [0.25, 0.3) is 0 Å². The van der Waals surface area contributed by atoms with E-state index >= 15 is 0 Å². The summed E-state index contributed by atoms with van der Waals surface area (Å²) in [6.07, 6.45) is 11.0. The van der Waals surface area contributed by atoms with Crippen LogP contribution in [0.15, 0.2) is 77.7 Å². The van der Waals surface area contributed by atoms with Crippen molar-refractivity contribution in [3.63, 3.8) is 0 Å². The Balaban J connectivity index is 1.61. The highest BCUT2D eigenvalue weighted by atomic mass is 35.5. The maximum Gasteiger partial charge on any atom is 0.0694 e. The molecule has 0 bridgehead atoms. The van der Waals surface area contributed by atoms with E-state index < -0.39 is 0 Å². The summed E-state index contributed by atoms with van der Waals surface area (Å²) in [5, 5.41) is 12.1. The van der Waals surface area contributed by atoms with Gasteiger partial charge in [-0.15, -0.1) is 0 Å². The van der Waals surface area contributed by atoms with Gasteiger partial charge in [-0.1, -0.05) is 23.7 Å². The number of hydrogen-bond acceptors (Lipinski definition) is 4. The molecule has 5 heteroatoms. The van der Waals surface area contributed by atoms with E-state index in [0.717, 1.165) is 46.8 Å². The van der Waals surface area contributed by atoms with Crippen molar-refractivity contribution in [2.24, 2.45) is 4.99 Å². The van der Waals surface area contributed by atoms with Crippen LogP contribution in [0.4, 0.5) is 0 Å². The van der Waals surface area contributed by atoms with Crippen LogP contribution in [0.1, 0.15) is 24.0 Å². The number of halogens is 1. The summed E-state index contributed by atoms with van der Waals surface area (Å²) in [7, 11) is 0. The van der Waals surface area contributed by atoms with Crippen molar-refractivity contribution in [3.05, 3.63) is 88.9 Å². The molecule has 0 saturated carbocycles. The Morgan fingerprint density at radius 3 is 2.85 bits per heavy atom. The zero-order valence-electron chi connectivity index (χ0n) is 14.5. The molecule has 1 aliphatic rings. The molecule has 26 heavy (non-hydrogen) atoms. The second-order valence-corrected chi connectivity index (χ2v) is 6.48. The summed E-state index contributed by atoms with van der Waals surface area (Å²) in [5.74, 6) is 0. The molecule has 2 N–H and O–H groups in total. The van der Waals surface area contributed by atoms with Crippen LogP contribution in [-0.4, -0.2) is 23.0 Å². The highest BCUT2D eigenvalue weighted by Crippen LogP contribution is 2.19. The largest absolute Gasteiger partial charge is 0.387 e. The average molecular weight is 365 g/mol. The average Bonchev–Trinajstić information content (AvgIpc) is 2.68. The van der Waals surface area contributed by atoms with E-state index in [1.807, 2.05) is 48.7 Å². The third-order valence-electron chi connectivity index (χ3n) is 4.04. The molecule has 0 amide bonds. The fraction of sp³-hybridized carbons (Fsp3) is 0.190. The number of aliphatic imine (C=N–C) groups is 1. The second kappa shape index (κ2) is 9.11. The minimum absolute atomic E-state index is 0.446. The predicted octanol–water partition coefficient (Wildman–Crippen LogP) is 4.57. The van der Waals surface area contributed by atoms with Crippen molar-refractivity contribution in [1.82, 2.24) is 10.3 Å². The van der Waals surface area contributed by atoms with Gasteiger partial charge in [0.05, 0.1) is 11.4 Å². The number of benzene rings is 1. The lowest BCUT2D eigenvalue weighted by atomic mass is 9.95. The van der Waals surface area contributed by atoms with Gasteiger partial charge in [-0.2, -0.15) is 0 Å². The van der Waals surface area contributed by atoms with Gasteiger partial charge < -0.3 is 10.7 Å². The molecule has 3 rings (SSSR count). The molecule has 0 saturated heterocycles. The Morgan fingerprint density at radius 1 is 1.23 bits per heavy atom. The summed E-state index contributed by atoms with van der Waals surface area (Å²) in [6.45, 7) is 1.52. The monoisotopic (exact) mass is 364 g/mol. The Morgan fingerprint density at radius 2 is 2.08 bits per heavy atom. The standard InChI is InChI=1S/C21H21ClN4/c22-19-7-5-16(6-8-19)14-25-12-9-20(23)13-17-3-2-11-26-21(17)18-4-1-10-24-15-18/h1,4-10,12-13,15,23,25H,2-3,11,14H2/b12-9-,17-13+,23-20?. The normalized spacial score (nSPS) is 15.9. The SMILES string of the molecule is N=C(/C=C\NCc1ccc(Cl)cc1)/C=C1\CCCN=C1c1cccnc1. The maximum absolute atomic E-state index is 8.20. The minimum atomic E-state index is 0.446. The summed E-state index contributed by atoms with van der Waals surface area (Å²) >= 11 is 5.88. The molecule has 0 fully saturated rings. The molecule has 0 spiro atoms. The molecule has 0 unspecified atom stereocenters. The van der Waals surface area contributed by atoms with Crippen LogP contribution in [0.2, 0.25) is 5.02 Å². The second-order valence-electron chi connectivity index (χ2n) is 6.04. The lowest BCUT2D eigenvalue weighted by Gasteiger charge is -2.16. The Bertz CT molecular complexity index is 836. The molecule has 0 aliphatic carbocycles. The number of pyridine rings is 1. The zero-order chi connectivity index (χ0) is 18.2. The van der Waals surface area contributed by atoms with Crippen LogP contribution in [0.5, 0.6) is 0 Å². The van der Waals surface area contributed by atoms with E-state index in [1.54, 1.807) is 18.5 Å². The summed E-state index contributed by atoms with van der Waals surface area (Å²) in [5.41, 5.74) is 4.65. The predicted molar refractivity (Wildman–Crippen MR) is 108 cm³/mol. The number of rotatable bonds is 6. The van der Waals surface area contributed by atoms with Crippen LogP contribution in [0.3, 0.4) is 0 Å². The first-order chi connectivity index (χ1) is 12.7. The topological polar surface area (TPSA) is 61.1 Å². The van der Waals surface area contributed by atoms with Crippen molar-refractivity contribution in [1.29, 1.82) is 5.41 Å². The van der Waals surface area contributed by atoms with Gasteiger partial charge in [0.25, 0.3) is 0 Å². The van der Waals surface area contributed by atoms with Gasteiger partial charge in [0, 0.05) is 36.1 Å². The number of nitrogens with one attached hydrogen (secondary N) is 2. The van der Waals surface area contributed by atoms with E-state index in [2.05, 4.69) is 15.3 Å². The van der Waals surface area contributed by atoms with Gasteiger partial charge in [0.2, 0.25) is 0 Å². The third-order valence-corrected chi connectivity index (χ3v) is 4.30. The van der Waals surface area contributed by atoms with Crippen molar-refractivity contribution in [2.75, 3.05) is 6.54 Å². The molecular formula is C21H21ClN4. The van der Waals surface area contributed by atoms with Gasteiger partial charge in [-0.05, 0) is 66.6 Å². The van der Waals surface area contributed by atoms with E-state index in [1.165, 1.54) is 0 Å². The quantitative estimate of drug-likeness (QED) is 0.737. The van der Waals surface area contributed by atoms with Gasteiger partial charge in [0.15, 0.2) is 0 Å². The zero-order valence-corrected chi connectivity index (χ0v) is 15.2. The maximum atomic E-state index is 8.20. The van der Waals surface area contributed by atoms with E-state index in [-0.39, 0.29) is 0 Å². The minimum Gasteiger partial charge on any atom is -0.387 e. The Kier molecular flexibility index (Phi) is 6.34. The molecule has 1 aliphatic heterocycles. The van der Waals surface area contributed by atoms with E-state index in [0.29, 0.717) is 12.3 Å². The third kappa shape index (κ3) is 5.14. The van der Waals surface area contributed by atoms with Crippen LogP contribution >= 0.6 is 11.6 Å². The van der Waals surface area contributed by atoms with E-state index in [4.69, 9.17) is 17.0 Å². The highest BCUT2D eigenvalue weighted by Gasteiger charge is 2.14. The van der Waals surface area contributed by atoms with Crippen molar-refractivity contribution < 1.29 is 0 Å². The Labute approximate surface area is 158 Å². The summed E-state index contributed by atoms with van der Waals surface area (Å²) in [6, 6.07) is 11.6. The highest BCUT2D eigenvalue weighted by molar-refractivity contribution is 6.30. The molecule has 2 aromatic rings. The van der Waals surface area contributed by atoms with Gasteiger partial charge >= 0.3 is 0 Å². The first-order valence-electron chi connectivity index (χ1n) is 8.61. The number of hydrogen-bond donors (Lipinski definition) is 2. The number of aromatic nitrogens is 1. The van der Waals surface area contributed by atoms with Gasteiger partial charge in [-0.3, -0.25) is 9.98 Å². The summed E-state index contributed by atoms with van der Waals surface area (Å²) in [4.78, 5) is 8.81. The number of nitrogens with zero attached hydrogens (tertiary/aromatic N) is 2. The first-order valence-corrected chi connectivity index (χ1v) is 8.99. The first kappa shape index (κ1) is 18.1. The van der Waals surface area contributed by atoms with Gasteiger partial charge in [0.1, 0.15) is 0 Å². The lowest BCUT2D eigenvalue weighted by molar-refractivity contribution is 0.815. The van der Waals surface area contributed by atoms with E-state index in [9.17, 15) is 0 Å². The molecule has 4 nitrogen and oxygen atoms in total. The Hall–Kier alpha value is -2.72. The fourth-order valence-electron chi connectivity index (χ4n) is 2.76. The molecule has 1 aromatic carbocycles. The molecule has 1 aromatic heterocycles. The van der Waals surface area contributed by atoms with Crippen LogP contribution in [-0.2, 0) is 6.54 Å². The van der Waals surface area contributed by atoms with Crippen molar-refractivity contribution >= 4 is 23.0 Å². The molecule has 0 atom stereocenters. The summed E-state index contributed by atoms with van der Waals surface area (Å²) < 4.78 is 0. The molecule has 2 heterocycles. The molecule has 132 valence electrons. The van der Waals surface area contributed by atoms with Gasteiger partial charge in [-0.25, -0.2) is 0 Å². The van der Waals surface area contributed by atoms with Crippen molar-refractivity contribution in [3.8, 4) is 0 Å². The molecule has 0 radical (unpaired) electrons. The number of allylic oxidation sites excluding steroid dienone is 3. The van der Waals surface area contributed by atoms with Crippen LogP contribution in [0, 0.1) is 5.41 Å². The lowest BCUT2D eigenvalue weighted by Crippen LogP contribution is -2.13.